The van der Waals surface area contributed by atoms with Gasteiger partial charge in [0.1, 0.15) is 11.6 Å². The summed E-state index contributed by atoms with van der Waals surface area (Å²) in [6.45, 7) is 1.64. The molecule has 0 radical (unpaired) electrons. The Kier molecular flexibility index (Phi) is 2.26. The van der Waals surface area contributed by atoms with Gasteiger partial charge in [-0.3, -0.25) is 0 Å². The minimum atomic E-state index is 0.248. The summed E-state index contributed by atoms with van der Waals surface area (Å²) in [5, 5.41) is 20.5. The highest BCUT2D eigenvalue weighted by Crippen LogP contribution is 2.27. The number of nitrogens with zero attached hydrogens (tertiary/aromatic N) is 2. The molecule has 5 heteroatoms. The molecule has 2 aromatic rings. The lowest BCUT2D eigenvalue weighted by Gasteiger charge is -2.09. The first kappa shape index (κ1) is 10.2. The van der Waals surface area contributed by atoms with Gasteiger partial charge < -0.3 is 15.7 Å². The highest BCUT2D eigenvalue weighted by atomic mass is 16.3. The molecule has 1 aliphatic heterocycles. The van der Waals surface area contributed by atoms with Crippen LogP contribution in [0, 0.1) is 0 Å². The van der Waals surface area contributed by atoms with Crippen molar-refractivity contribution in [2.75, 3.05) is 12.4 Å². The van der Waals surface area contributed by atoms with Gasteiger partial charge >= 0.3 is 0 Å². The van der Waals surface area contributed by atoms with Gasteiger partial charge in [0.15, 0.2) is 0 Å². The number of hydrogen-bond donors (Lipinski definition) is 3. The van der Waals surface area contributed by atoms with Crippen LogP contribution >= 0.6 is 0 Å². The van der Waals surface area contributed by atoms with E-state index in [-0.39, 0.29) is 5.75 Å². The van der Waals surface area contributed by atoms with E-state index in [2.05, 4.69) is 15.7 Å². The van der Waals surface area contributed by atoms with E-state index < -0.39 is 0 Å². The minimum absolute atomic E-state index is 0.248. The number of benzene rings is 1. The monoisotopic (exact) mass is 230 g/mol. The molecule has 0 fully saturated rings. The SMILES string of the molecule is CNc1c2c(nn1-c1cccc(O)c1)CNC2. The van der Waals surface area contributed by atoms with E-state index in [0.29, 0.717) is 0 Å². The van der Waals surface area contributed by atoms with Crippen LogP contribution in [-0.4, -0.2) is 21.9 Å². The molecule has 0 spiro atoms. The second kappa shape index (κ2) is 3.78. The lowest BCUT2D eigenvalue weighted by Crippen LogP contribution is -2.09. The lowest BCUT2D eigenvalue weighted by molar-refractivity contribution is 0.475. The van der Waals surface area contributed by atoms with Crippen molar-refractivity contribution in [3.05, 3.63) is 35.5 Å². The van der Waals surface area contributed by atoms with Crippen LogP contribution in [0.4, 0.5) is 5.82 Å². The predicted octanol–water partition coefficient (Wildman–Crippen LogP) is 1.22. The lowest BCUT2D eigenvalue weighted by atomic mass is 10.2. The fourth-order valence-electron chi connectivity index (χ4n) is 2.20. The van der Waals surface area contributed by atoms with Gasteiger partial charge in [-0.15, -0.1) is 0 Å². The Hall–Kier alpha value is -2.01. The van der Waals surface area contributed by atoms with Crippen LogP contribution < -0.4 is 10.6 Å². The average Bonchev–Trinajstić information content (AvgIpc) is 2.88. The number of rotatable bonds is 2. The maximum Gasteiger partial charge on any atom is 0.134 e. The summed E-state index contributed by atoms with van der Waals surface area (Å²) >= 11 is 0. The van der Waals surface area contributed by atoms with Crippen LogP contribution in [-0.2, 0) is 13.1 Å². The van der Waals surface area contributed by atoms with E-state index in [1.165, 1.54) is 5.56 Å². The highest BCUT2D eigenvalue weighted by Gasteiger charge is 2.21. The standard InChI is InChI=1S/C12H14N4O/c1-13-12-10-6-14-7-11(10)15-16(12)8-3-2-4-9(17)5-8/h2-5,13-14,17H,6-7H2,1H3. The first-order valence-corrected chi connectivity index (χ1v) is 5.58. The highest BCUT2D eigenvalue weighted by molar-refractivity contribution is 5.55. The Labute approximate surface area is 99.1 Å². The normalized spacial score (nSPS) is 13.7. The van der Waals surface area contributed by atoms with Crippen LogP contribution in [0.2, 0.25) is 0 Å². The number of hydrogen-bond acceptors (Lipinski definition) is 4. The van der Waals surface area contributed by atoms with Crippen LogP contribution in [0.15, 0.2) is 24.3 Å². The summed E-state index contributed by atoms with van der Waals surface area (Å²) in [7, 11) is 1.88. The summed E-state index contributed by atoms with van der Waals surface area (Å²) in [6.07, 6.45) is 0. The Morgan fingerprint density at radius 3 is 3.06 bits per heavy atom. The molecule has 1 aliphatic rings. The molecule has 3 rings (SSSR count). The zero-order valence-corrected chi connectivity index (χ0v) is 9.57. The number of aromatic hydroxyl groups is 1. The smallest absolute Gasteiger partial charge is 0.134 e. The van der Waals surface area contributed by atoms with Crippen LogP contribution in [0.5, 0.6) is 5.75 Å². The Morgan fingerprint density at radius 1 is 1.41 bits per heavy atom. The number of phenolic OH excluding ortho intramolecular Hbond substituents is 1. The van der Waals surface area contributed by atoms with Crippen LogP contribution in [0.1, 0.15) is 11.3 Å². The van der Waals surface area contributed by atoms with Gasteiger partial charge in [-0.05, 0) is 12.1 Å². The summed E-state index contributed by atoms with van der Waals surface area (Å²) < 4.78 is 1.84. The van der Waals surface area contributed by atoms with E-state index in [1.54, 1.807) is 12.1 Å². The van der Waals surface area contributed by atoms with Gasteiger partial charge in [0.05, 0.1) is 11.4 Å². The largest absolute Gasteiger partial charge is 0.508 e. The molecule has 0 bridgehead atoms. The Morgan fingerprint density at radius 2 is 2.29 bits per heavy atom. The molecule has 0 saturated carbocycles. The maximum atomic E-state index is 9.51. The second-order valence-electron chi connectivity index (χ2n) is 4.06. The van der Waals surface area contributed by atoms with Gasteiger partial charge in [0.2, 0.25) is 0 Å². The molecule has 0 aliphatic carbocycles. The average molecular weight is 230 g/mol. The molecule has 1 aromatic heterocycles. The molecule has 17 heavy (non-hydrogen) atoms. The number of phenols is 1. The van der Waals surface area contributed by atoms with E-state index in [0.717, 1.165) is 30.3 Å². The van der Waals surface area contributed by atoms with E-state index in [9.17, 15) is 5.11 Å². The van der Waals surface area contributed by atoms with E-state index >= 15 is 0 Å². The third-order valence-electron chi connectivity index (χ3n) is 2.97. The number of fused-ring (bicyclic) bond motifs is 1. The predicted molar refractivity (Wildman–Crippen MR) is 65.3 cm³/mol. The molecule has 88 valence electrons. The van der Waals surface area contributed by atoms with Gasteiger partial charge in [0, 0.05) is 31.8 Å². The molecule has 0 unspecified atom stereocenters. The molecule has 1 aromatic carbocycles. The summed E-state index contributed by atoms with van der Waals surface area (Å²) in [5.41, 5.74) is 3.14. The van der Waals surface area contributed by atoms with Crippen LogP contribution in [0.3, 0.4) is 0 Å². The number of nitrogens with one attached hydrogen (secondary N) is 2. The van der Waals surface area contributed by atoms with Crippen molar-refractivity contribution in [3.63, 3.8) is 0 Å². The molecule has 2 heterocycles. The zero-order valence-electron chi connectivity index (χ0n) is 9.57. The van der Waals surface area contributed by atoms with Crippen molar-refractivity contribution < 1.29 is 5.11 Å². The Bertz CT molecular complexity index is 562. The van der Waals surface area contributed by atoms with E-state index in [4.69, 9.17) is 0 Å². The molecule has 5 nitrogen and oxygen atoms in total. The van der Waals surface area contributed by atoms with Gasteiger partial charge in [-0.25, -0.2) is 4.68 Å². The third kappa shape index (κ3) is 1.55. The van der Waals surface area contributed by atoms with Crippen molar-refractivity contribution >= 4 is 5.82 Å². The number of aromatic nitrogens is 2. The molecular formula is C12H14N4O. The first-order valence-electron chi connectivity index (χ1n) is 5.58. The number of anilines is 1. The van der Waals surface area contributed by atoms with Crippen molar-refractivity contribution in [1.29, 1.82) is 0 Å². The second-order valence-corrected chi connectivity index (χ2v) is 4.06. The van der Waals surface area contributed by atoms with Gasteiger partial charge in [0.25, 0.3) is 0 Å². The zero-order chi connectivity index (χ0) is 11.8. The Balaban J connectivity index is 2.15. The van der Waals surface area contributed by atoms with Crippen molar-refractivity contribution in [1.82, 2.24) is 15.1 Å². The topological polar surface area (TPSA) is 62.1 Å². The third-order valence-corrected chi connectivity index (χ3v) is 2.97. The molecule has 0 atom stereocenters. The minimum Gasteiger partial charge on any atom is -0.508 e. The van der Waals surface area contributed by atoms with E-state index in [1.807, 2.05) is 23.9 Å². The van der Waals surface area contributed by atoms with Gasteiger partial charge in [-0.1, -0.05) is 6.07 Å². The van der Waals surface area contributed by atoms with Crippen molar-refractivity contribution in [3.8, 4) is 11.4 Å². The first-order chi connectivity index (χ1) is 8.29. The fraction of sp³-hybridized carbons (Fsp3) is 0.250. The van der Waals surface area contributed by atoms with Gasteiger partial charge in [-0.2, -0.15) is 5.10 Å². The summed E-state index contributed by atoms with van der Waals surface area (Å²) in [4.78, 5) is 0. The van der Waals surface area contributed by atoms with Crippen molar-refractivity contribution in [2.45, 2.75) is 13.1 Å². The molecule has 3 N–H and O–H groups in total. The maximum absolute atomic E-state index is 9.51. The summed E-state index contributed by atoms with van der Waals surface area (Å²) in [6, 6.07) is 7.10. The summed E-state index contributed by atoms with van der Waals surface area (Å²) in [5.74, 6) is 1.23. The molecular weight excluding hydrogens is 216 g/mol. The molecule has 0 amide bonds. The quantitative estimate of drug-likeness (QED) is 0.726. The fourth-order valence-corrected chi connectivity index (χ4v) is 2.20. The van der Waals surface area contributed by atoms with Crippen molar-refractivity contribution in [2.24, 2.45) is 0 Å². The van der Waals surface area contributed by atoms with Crippen LogP contribution in [0.25, 0.3) is 5.69 Å². The molecule has 0 saturated heterocycles.